The summed E-state index contributed by atoms with van der Waals surface area (Å²) in [5.74, 6) is -0.420. The second kappa shape index (κ2) is 5.64. The predicted molar refractivity (Wildman–Crippen MR) is 78.0 cm³/mol. The Morgan fingerprint density at radius 3 is 2.85 bits per heavy atom. The zero-order chi connectivity index (χ0) is 14.7. The van der Waals surface area contributed by atoms with Crippen LogP contribution in [0, 0.1) is 6.92 Å². The van der Waals surface area contributed by atoms with E-state index in [2.05, 4.69) is 10.4 Å². The number of hydrogen-bond donors (Lipinski definition) is 2. The molecular weight excluding hydrogens is 256 g/mol. The number of aromatic nitrogens is 2. The van der Waals surface area contributed by atoms with Crippen LogP contribution in [0.1, 0.15) is 23.0 Å². The van der Waals surface area contributed by atoms with Crippen molar-refractivity contribution in [1.29, 1.82) is 0 Å². The molecule has 0 fully saturated rings. The van der Waals surface area contributed by atoms with Crippen LogP contribution in [0.2, 0.25) is 0 Å². The summed E-state index contributed by atoms with van der Waals surface area (Å²) >= 11 is 0. The minimum absolute atomic E-state index is 0.317. The number of nitrogens with zero attached hydrogens (tertiary/aromatic N) is 2. The van der Waals surface area contributed by atoms with E-state index < -0.39 is 5.97 Å². The standard InChI is InChI=1S/C14H18N4O2/c1-4-20-14(19)11-7-10(5-6-12(11)15)16-13-8-18(3)17-9(13)2/h5-8,16H,4,15H2,1-3H3. The number of carbonyl (C=O) groups is 1. The van der Waals surface area contributed by atoms with Gasteiger partial charge in [-0.2, -0.15) is 5.10 Å². The first kappa shape index (κ1) is 13.9. The van der Waals surface area contributed by atoms with Crippen LogP contribution < -0.4 is 11.1 Å². The molecule has 0 unspecified atom stereocenters. The summed E-state index contributed by atoms with van der Waals surface area (Å²) in [5.41, 5.74) is 9.08. The number of nitrogens with one attached hydrogen (secondary N) is 1. The summed E-state index contributed by atoms with van der Waals surface area (Å²) in [6.07, 6.45) is 1.87. The Morgan fingerprint density at radius 2 is 2.25 bits per heavy atom. The normalized spacial score (nSPS) is 10.3. The van der Waals surface area contributed by atoms with E-state index in [1.807, 2.05) is 26.2 Å². The van der Waals surface area contributed by atoms with Crippen LogP contribution in [0.5, 0.6) is 0 Å². The molecule has 6 nitrogen and oxygen atoms in total. The SMILES string of the molecule is CCOC(=O)c1cc(Nc2cn(C)nc2C)ccc1N. The number of hydrogen-bond acceptors (Lipinski definition) is 5. The molecule has 0 saturated carbocycles. The summed E-state index contributed by atoms with van der Waals surface area (Å²) in [5, 5.41) is 7.46. The van der Waals surface area contributed by atoms with Gasteiger partial charge in [-0.1, -0.05) is 0 Å². The van der Waals surface area contributed by atoms with Crippen molar-refractivity contribution >= 4 is 23.0 Å². The van der Waals surface area contributed by atoms with E-state index >= 15 is 0 Å². The van der Waals surface area contributed by atoms with E-state index in [0.717, 1.165) is 17.1 Å². The summed E-state index contributed by atoms with van der Waals surface area (Å²) in [6, 6.07) is 5.17. The molecular formula is C14H18N4O2. The number of esters is 1. The van der Waals surface area contributed by atoms with Crippen molar-refractivity contribution < 1.29 is 9.53 Å². The third kappa shape index (κ3) is 2.90. The van der Waals surface area contributed by atoms with E-state index in [0.29, 0.717) is 17.9 Å². The van der Waals surface area contributed by atoms with E-state index in [1.165, 1.54) is 0 Å². The highest BCUT2D eigenvalue weighted by molar-refractivity contribution is 5.96. The highest BCUT2D eigenvalue weighted by Gasteiger charge is 2.12. The molecule has 0 saturated heterocycles. The number of nitrogens with two attached hydrogens (primary N) is 1. The van der Waals surface area contributed by atoms with Crippen LogP contribution in [-0.2, 0) is 11.8 Å². The summed E-state index contributed by atoms with van der Waals surface area (Å²) < 4.78 is 6.70. The van der Waals surface area contributed by atoms with E-state index in [9.17, 15) is 4.79 Å². The maximum atomic E-state index is 11.8. The monoisotopic (exact) mass is 274 g/mol. The number of carbonyl (C=O) groups excluding carboxylic acids is 1. The smallest absolute Gasteiger partial charge is 0.340 e. The Kier molecular flexibility index (Phi) is 3.93. The number of benzene rings is 1. The van der Waals surface area contributed by atoms with Gasteiger partial charge in [0, 0.05) is 24.6 Å². The second-order valence-corrected chi connectivity index (χ2v) is 4.45. The molecule has 3 N–H and O–H groups in total. The average molecular weight is 274 g/mol. The van der Waals surface area contributed by atoms with Gasteiger partial charge in [-0.3, -0.25) is 4.68 Å². The van der Waals surface area contributed by atoms with Gasteiger partial charge >= 0.3 is 5.97 Å². The third-order valence-corrected chi connectivity index (χ3v) is 2.84. The number of ether oxygens (including phenoxy) is 1. The molecule has 6 heteroatoms. The Balaban J connectivity index is 2.27. The van der Waals surface area contributed by atoms with Crippen molar-refractivity contribution in [3.05, 3.63) is 35.7 Å². The molecule has 2 aromatic rings. The maximum Gasteiger partial charge on any atom is 0.340 e. The zero-order valence-electron chi connectivity index (χ0n) is 11.8. The molecule has 0 aliphatic rings. The van der Waals surface area contributed by atoms with Crippen molar-refractivity contribution in [2.24, 2.45) is 7.05 Å². The topological polar surface area (TPSA) is 82.2 Å². The van der Waals surface area contributed by atoms with Gasteiger partial charge in [0.25, 0.3) is 0 Å². The van der Waals surface area contributed by atoms with Crippen molar-refractivity contribution in [3.63, 3.8) is 0 Å². The van der Waals surface area contributed by atoms with Gasteiger partial charge in [-0.25, -0.2) is 4.79 Å². The van der Waals surface area contributed by atoms with E-state index in [-0.39, 0.29) is 0 Å². The van der Waals surface area contributed by atoms with E-state index in [1.54, 1.807) is 23.7 Å². The lowest BCUT2D eigenvalue weighted by Gasteiger charge is -2.09. The fraction of sp³-hybridized carbons (Fsp3) is 0.286. The Morgan fingerprint density at radius 1 is 1.50 bits per heavy atom. The molecule has 1 aromatic carbocycles. The molecule has 0 amide bonds. The number of rotatable bonds is 4. The lowest BCUT2D eigenvalue weighted by atomic mass is 10.1. The fourth-order valence-electron chi connectivity index (χ4n) is 1.90. The molecule has 20 heavy (non-hydrogen) atoms. The minimum atomic E-state index is -0.420. The van der Waals surface area contributed by atoms with Crippen LogP contribution >= 0.6 is 0 Å². The van der Waals surface area contributed by atoms with Crippen LogP contribution in [0.3, 0.4) is 0 Å². The van der Waals surface area contributed by atoms with Crippen LogP contribution in [0.4, 0.5) is 17.1 Å². The average Bonchev–Trinajstić information content (AvgIpc) is 2.70. The Bertz CT molecular complexity index is 634. The third-order valence-electron chi connectivity index (χ3n) is 2.84. The highest BCUT2D eigenvalue weighted by atomic mass is 16.5. The summed E-state index contributed by atoms with van der Waals surface area (Å²) in [4.78, 5) is 11.8. The first-order valence-electron chi connectivity index (χ1n) is 6.35. The molecule has 106 valence electrons. The zero-order valence-corrected chi connectivity index (χ0v) is 11.8. The largest absolute Gasteiger partial charge is 0.462 e. The first-order chi connectivity index (χ1) is 9.51. The van der Waals surface area contributed by atoms with Crippen molar-refractivity contribution in [2.75, 3.05) is 17.7 Å². The molecule has 1 aromatic heterocycles. The summed E-state index contributed by atoms with van der Waals surface area (Å²) in [7, 11) is 1.85. The van der Waals surface area contributed by atoms with Crippen molar-refractivity contribution in [1.82, 2.24) is 9.78 Å². The van der Waals surface area contributed by atoms with Crippen LogP contribution in [0.15, 0.2) is 24.4 Å². The quantitative estimate of drug-likeness (QED) is 0.660. The Hall–Kier alpha value is -2.50. The maximum absolute atomic E-state index is 11.8. The Labute approximate surface area is 117 Å². The second-order valence-electron chi connectivity index (χ2n) is 4.45. The molecule has 0 aliphatic heterocycles. The predicted octanol–water partition coefficient (Wildman–Crippen LogP) is 2.23. The lowest BCUT2D eigenvalue weighted by molar-refractivity contribution is 0.0527. The van der Waals surface area contributed by atoms with Gasteiger partial charge in [0.15, 0.2) is 0 Å². The van der Waals surface area contributed by atoms with Gasteiger partial charge in [-0.15, -0.1) is 0 Å². The first-order valence-corrected chi connectivity index (χ1v) is 6.35. The molecule has 0 radical (unpaired) electrons. The molecule has 0 spiro atoms. The van der Waals surface area contributed by atoms with Crippen LogP contribution in [-0.4, -0.2) is 22.4 Å². The lowest BCUT2D eigenvalue weighted by Crippen LogP contribution is -2.08. The number of anilines is 3. The fourth-order valence-corrected chi connectivity index (χ4v) is 1.90. The number of aryl methyl sites for hydroxylation is 2. The number of nitrogen functional groups attached to an aromatic ring is 1. The minimum Gasteiger partial charge on any atom is -0.462 e. The highest BCUT2D eigenvalue weighted by Crippen LogP contribution is 2.23. The molecule has 0 aliphatic carbocycles. The van der Waals surface area contributed by atoms with Gasteiger partial charge in [0.05, 0.1) is 23.6 Å². The van der Waals surface area contributed by atoms with Crippen molar-refractivity contribution in [3.8, 4) is 0 Å². The van der Waals surface area contributed by atoms with Gasteiger partial charge in [0.1, 0.15) is 0 Å². The van der Waals surface area contributed by atoms with Crippen LogP contribution in [0.25, 0.3) is 0 Å². The summed E-state index contributed by atoms with van der Waals surface area (Å²) in [6.45, 7) is 3.98. The molecule has 2 rings (SSSR count). The van der Waals surface area contributed by atoms with E-state index in [4.69, 9.17) is 10.5 Å². The van der Waals surface area contributed by atoms with Crippen molar-refractivity contribution in [2.45, 2.75) is 13.8 Å². The van der Waals surface area contributed by atoms with Gasteiger partial charge in [0.2, 0.25) is 0 Å². The molecule has 0 atom stereocenters. The van der Waals surface area contributed by atoms with Gasteiger partial charge < -0.3 is 15.8 Å². The molecule has 0 bridgehead atoms. The molecule has 1 heterocycles. The van der Waals surface area contributed by atoms with Gasteiger partial charge in [-0.05, 0) is 32.0 Å².